The van der Waals surface area contributed by atoms with Crippen molar-refractivity contribution >= 4 is 49.3 Å². The van der Waals surface area contributed by atoms with Gasteiger partial charge in [-0.2, -0.15) is 0 Å². The van der Waals surface area contributed by atoms with E-state index in [-0.39, 0.29) is 23.0 Å². The fourth-order valence-electron chi connectivity index (χ4n) is 7.25. The first-order chi connectivity index (χ1) is 27.8. The van der Waals surface area contributed by atoms with Crippen LogP contribution in [0.15, 0.2) is 170 Å². The van der Waals surface area contributed by atoms with E-state index in [2.05, 4.69) is 79.6 Å². The lowest BCUT2D eigenvalue weighted by Gasteiger charge is -2.13. The number of para-hydroxylation sites is 3. The molecule has 52 heavy (non-hydrogen) atoms. The van der Waals surface area contributed by atoms with Crippen molar-refractivity contribution in [1.82, 2.24) is 24.1 Å². The largest absolute Gasteiger partial charge is 0.318 e. The van der Waals surface area contributed by atoms with E-state index in [1.807, 2.05) is 72.8 Å². The summed E-state index contributed by atoms with van der Waals surface area (Å²) < 4.78 is 46.5. The van der Waals surface area contributed by atoms with Crippen LogP contribution in [-0.4, -0.2) is 24.1 Å². The second-order valence-electron chi connectivity index (χ2n) is 12.4. The van der Waals surface area contributed by atoms with Gasteiger partial charge in [0, 0.05) is 43.9 Å². The number of nitrogens with zero attached hydrogens (tertiary/aromatic N) is 6. The Morgan fingerprint density at radius 2 is 1.12 bits per heavy atom. The molecule has 0 atom stereocenters. The quantitative estimate of drug-likeness (QED) is 0.171. The van der Waals surface area contributed by atoms with Gasteiger partial charge in [0.1, 0.15) is 0 Å². The summed E-state index contributed by atoms with van der Waals surface area (Å²) in [6.07, 6.45) is 0. The van der Waals surface area contributed by atoms with Gasteiger partial charge in [0.2, 0.25) is 5.69 Å². The smallest absolute Gasteiger partial charge is 0.211 e. The van der Waals surface area contributed by atoms with Crippen molar-refractivity contribution in [2.45, 2.75) is 0 Å². The van der Waals surface area contributed by atoms with E-state index in [1.54, 1.807) is 6.07 Å². The summed E-state index contributed by atoms with van der Waals surface area (Å²) in [7, 11) is 0. The standard InChI is InChI=1S/C46H28N6/c1-47-37-29-32(46-49-44(30-15-5-2-6-16-30)48-45(50-46)31-17-7-3-8-18-31)25-27-40(37)52-38-23-13-11-21-34(38)35-26-28-41-42(43(35)52)36-22-12-14-24-39(36)51(41)33-19-9-4-10-20-33/h2-29H/i2D,5D,6D,15D,16D. The molecule has 7 aromatic carbocycles. The predicted molar refractivity (Wildman–Crippen MR) is 211 cm³/mol. The molecule has 6 heteroatoms. The van der Waals surface area contributed by atoms with Crippen LogP contribution in [0.4, 0.5) is 5.69 Å². The maximum atomic E-state index is 8.67. The van der Waals surface area contributed by atoms with E-state index in [9.17, 15) is 0 Å². The van der Waals surface area contributed by atoms with Crippen LogP contribution in [0, 0.1) is 6.57 Å². The molecule has 0 unspecified atom stereocenters. The molecule has 0 saturated carbocycles. The minimum atomic E-state index is -0.504. The van der Waals surface area contributed by atoms with Crippen molar-refractivity contribution < 1.29 is 6.85 Å². The summed E-state index contributed by atoms with van der Waals surface area (Å²) in [5.41, 5.74) is 7.14. The van der Waals surface area contributed by atoms with E-state index < -0.39 is 30.2 Å². The lowest BCUT2D eigenvalue weighted by Crippen LogP contribution is -2.01. The minimum absolute atomic E-state index is 0.0658. The topological polar surface area (TPSA) is 52.9 Å². The van der Waals surface area contributed by atoms with Crippen LogP contribution in [0.1, 0.15) is 6.85 Å². The van der Waals surface area contributed by atoms with Crippen molar-refractivity contribution in [2.75, 3.05) is 0 Å². The zero-order valence-electron chi connectivity index (χ0n) is 32.5. The molecule has 10 rings (SSSR count). The highest BCUT2D eigenvalue weighted by Crippen LogP contribution is 2.43. The molecule has 6 nitrogen and oxygen atoms in total. The first-order valence-corrected chi connectivity index (χ1v) is 16.8. The Bertz CT molecular complexity index is 3290. The second kappa shape index (κ2) is 11.9. The molecule has 0 aliphatic rings. The van der Waals surface area contributed by atoms with Gasteiger partial charge in [-0.15, -0.1) is 0 Å². The molecule has 0 N–H and O–H groups in total. The van der Waals surface area contributed by atoms with Gasteiger partial charge in [0.05, 0.1) is 41.2 Å². The van der Waals surface area contributed by atoms with Crippen molar-refractivity contribution in [3.05, 3.63) is 181 Å². The molecule has 3 heterocycles. The zero-order chi connectivity index (χ0) is 38.9. The Balaban J connectivity index is 1.24. The van der Waals surface area contributed by atoms with E-state index in [0.29, 0.717) is 22.5 Å². The molecule has 0 aliphatic heterocycles. The van der Waals surface area contributed by atoms with Crippen LogP contribution in [0.25, 0.3) is 94.0 Å². The zero-order valence-corrected chi connectivity index (χ0v) is 27.5. The van der Waals surface area contributed by atoms with Crippen LogP contribution >= 0.6 is 0 Å². The fraction of sp³-hybridized carbons (Fsp3) is 0. The van der Waals surface area contributed by atoms with Gasteiger partial charge >= 0.3 is 0 Å². The van der Waals surface area contributed by atoms with Crippen molar-refractivity contribution in [1.29, 1.82) is 0 Å². The highest BCUT2D eigenvalue weighted by molar-refractivity contribution is 6.26. The van der Waals surface area contributed by atoms with E-state index >= 15 is 0 Å². The summed E-state index contributed by atoms with van der Waals surface area (Å²) in [6, 6.07) is 43.7. The molecule has 0 fully saturated rings. The Morgan fingerprint density at radius 1 is 0.500 bits per heavy atom. The number of hydrogen-bond acceptors (Lipinski definition) is 3. The SMILES string of the molecule is [2H]c1c([2H])c([2H])c(-c2nc(-c3ccccc3)nc(-c3ccc(-n4c5ccccc5c5ccc6c(c7ccccc7n6-c6ccccc6)c54)c([N+]#[C-])c3)n2)c([2H])c1[2H]. The molecule has 3 aromatic heterocycles. The number of hydrogen-bond donors (Lipinski definition) is 0. The van der Waals surface area contributed by atoms with Crippen molar-refractivity contribution in [3.63, 3.8) is 0 Å². The summed E-state index contributed by atoms with van der Waals surface area (Å²) in [6.45, 7) is 8.50. The minimum Gasteiger partial charge on any atom is -0.318 e. The van der Waals surface area contributed by atoms with Crippen LogP contribution < -0.4 is 0 Å². The maximum absolute atomic E-state index is 8.67. The predicted octanol–water partition coefficient (Wildman–Crippen LogP) is 11.6. The van der Waals surface area contributed by atoms with Gasteiger partial charge in [0.25, 0.3) is 0 Å². The lowest BCUT2D eigenvalue weighted by atomic mass is 10.1. The molecule has 0 radical (unpaired) electrons. The lowest BCUT2D eigenvalue weighted by molar-refractivity contribution is 1.07. The molecule has 0 amide bonds. The number of rotatable bonds is 5. The van der Waals surface area contributed by atoms with E-state index in [0.717, 1.165) is 49.3 Å². The van der Waals surface area contributed by atoms with E-state index in [4.69, 9.17) is 23.4 Å². The van der Waals surface area contributed by atoms with Crippen LogP contribution in [0.3, 0.4) is 0 Å². The molecule has 0 saturated heterocycles. The van der Waals surface area contributed by atoms with Gasteiger partial charge < -0.3 is 9.13 Å². The molecule has 0 bridgehead atoms. The van der Waals surface area contributed by atoms with Crippen LogP contribution in [-0.2, 0) is 0 Å². The Labute approximate surface area is 306 Å². The number of benzene rings is 7. The second-order valence-corrected chi connectivity index (χ2v) is 12.4. The van der Waals surface area contributed by atoms with Gasteiger partial charge in [-0.3, -0.25) is 0 Å². The number of aromatic nitrogens is 5. The third-order valence-electron chi connectivity index (χ3n) is 9.47. The monoisotopic (exact) mass is 669 g/mol. The maximum Gasteiger partial charge on any atom is 0.211 e. The third kappa shape index (κ3) is 4.61. The van der Waals surface area contributed by atoms with Gasteiger partial charge in [-0.1, -0.05) is 127 Å². The highest BCUT2D eigenvalue weighted by atomic mass is 15.0. The van der Waals surface area contributed by atoms with Gasteiger partial charge in [-0.05, 0) is 42.5 Å². The Kier molecular flexibility index (Phi) is 5.66. The van der Waals surface area contributed by atoms with Crippen LogP contribution in [0.5, 0.6) is 0 Å². The normalized spacial score (nSPS) is 12.8. The molecule has 10 aromatic rings. The Morgan fingerprint density at radius 3 is 1.85 bits per heavy atom. The van der Waals surface area contributed by atoms with Gasteiger partial charge in [0.15, 0.2) is 17.5 Å². The first-order valence-electron chi connectivity index (χ1n) is 19.3. The first kappa shape index (κ1) is 24.7. The van der Waals surface area contributed by atoms with Crippen molar-refractivity contribution in [3.8, 4) is 45.5 Å². The fourth-order valence-corrected chi connectivity index (χ4v) is 7.25. The van der Waals surface area contributed by atoms with Gasteiger partial charge in [-0.25, -0.2) is 19.8 Å². The molecular weight excluding hydrogens is 637 g/mol. The molecule has 0 aliphatic carbocycles. The summed E-state index contributed by atoms with van der Waals surface area (Å²) in [5.74, 6) is 0.386. The Hall–Kier alpha value is -7.36. The van der Waals surface area contributed by atoms with Crippen LogP contribution in [0.2, 0.25) is 0 Å². The third-order valence-corrected chi connectivity index (χ3v) is 9.47. The summed E-state index contributed by atoms with van der Waals surface area (Å²) >= 11 is 0. The van der Waals surface area contributed by atoms with Crippen molar-refractivity contribution in [2.24, 2.45) is 0 Å². The molecular formula is C46H28N6. The average Bonchev–Trinajstić information content (AvgIpc) is 3.78. The van der Waals surface area contributed by atoms with E-state index in [1.165, 1.54) is 0 Å². The summed E-state index contributed by atoms with van der Waals surface area (Å²) in [5, 5.41) is 4.27. The molecule has 0 spiro atoms. The summed E-state index contributed by atoms with van der Waals surface area (Å²) in [4.78, 5) is 18.2. The number of fused-ring (bicyclic) bond motifs is 7. The average molecular weight is 670 g/mol. The molecule has 242 valence electrons. The highest BCUT2D eigenvalue weighted by Gasteiger charge is 2.22.